The van der Waals surface area contributed by atoms with Crippen molar-refractivity contribution in [1.29, 1.82) is 0 Å². The Morgan fingerprint density at radius 2 is 2.08 bits per heavy atom. The summed E-state index contributed by atoms with van der Waals surface area (Å²) in [5.41, 5.74) is 1.79. The lowest BCUT2D eigenvalue weighted by Crippen LogP contribution is -2.38. The number of imide groups is 1. The third-order valence-corrected chi connectivity index (χ3v) is 3.79. The molecule has 6 nitrogen and oxygen atoms in total. The number of rotatable bonds is 3. The van der Waals surface area contributed by atoms with Crippen LogP contribution in [0.4, 0.5) is 4.79 Å². The second-order valence-corrected chi connectivity index (χ2v) is 6.88. The van der Waals surface area contributed by atoms with E-state index in [2.05, 4.69) is 0 Å². The van der Waals surface area contributed by atoms with Crippen molar-refractivity contribution in [2.45, 2.75) is 45.3 Å². The van der Waals surface area contributed by atoms with Gasteiger partial charge in [0.15, 0.2) is 0 Å². The minimum atomic E-state index is -0.674. The first-order valence-corrected chi connectivity index (χ1v) is 8.09. The molecule has 0 saturated carbocycles. The summed E-state index contributed by atoms with van der Waals surface area (Å²) in [5, 5.41) is 9.12. The summed E-state index contributed by atoms with van der Waals surface area (Å²) in [6.07, 6.45) is 0.408. The first-order valence-electron chi connectivity index (χ1n) is 8.09. The van der Waals surface area contributed by atoms with Crippen molar-refractivity contribution in [1.82, 2.24) is 4.90 Å². The fourth-order valence-electron chi connectivity index (χ4n) is 2.63. The van der Waals surface area contributed by atoms with E-state index in [0.29, 0.717) is 25.0 Å². The molecule has 0 aliphatic carbocycles. The van der Waals surface area contributed by atoms with Crippen molar-refractivity contribution in [3.8, 4) is 0 Å². The minimum Gasteiger partial charge on any atom is -0.443 e. The second-order valence-electron chi connectivity index (χ2n) is 6.88. The maximum atomic E-state index is 12.5. The lowest BCUT2D eigenvalue weighted by Gasteiger charge is -2.27. The van der Waals surface area contributed by atoms with Gasteiger partial charge in [0, 0.05) is 25.6 Å². The molecule has 0 bridgehead atoms. The number of benzene rings is 1. The molecule has 0 radical (unpaired) electrons. The summed E-state index contributed by atoms with van der Waals surface area (Å²) in [6.45, 7) is 5.86. The van der Waals surface area contributed by atoms with Crippen LogP contribution in [0.3, 0.4) is 0 Å². The van der Waals surface area contributed by atoms with Crippen molar-refractivity contribution in [2.24, 2.45) is 0 Å². The van der Waals surface area contributed by atoms with Crippen LogP contribution in [0.1, 0.15) is 54.8 Å². The Hall–Kier alpha value is -1.92. The third-order valence-electron chi connectivity index (χ3n) is 3.79. The van der Waals surface area contributed by atoms with E-state index >= 15 is 0 Å². The summed E-state index contributed by atoms with van der Waals surface area (Å²) < 4.78 is 10.9. The second kappa shape index (κ2) is 7.32. The third kappa shape index (κ3) is 4.33. The van der Waals surface area contributed by atoms with E-state index in [0.717, 1.165) is 16.0 Å². The van der Waals surface area contributed by atoms with Gasteiger partial charge in [-0.2, -0.15) is 0 Å². The van der Waals surface area contributed by atoms with E-state index in [4.69, 9.17) is 14.6 Å². The Morgan fingerprint density at radius 3 is 2.71 bits per heavy atom. The number of fused-ring (bicyclic) bond motifs is 1. The molecule has 1 heterocycles. The average Bonchev–Trinajstić information content (AvgIpc) is 2.52. The lowest BCUT2D eigenvalue weighted by molar-refractivity contribution is 0.0247. The summed E-state index contributed by atoms with van der Waals surface area (Å²) in [4.78, 5) is 25.5. The zero-order chi connectivity index (χ0) is 17.9. The van der Waals surface area contributed by atoms with Crippen LogP contribution in [0.5, 0.6) is 0 Å². The van der Waals surface area contributed by atoms with E-state index in [1.165, 1.54) is 7.05 Å². The van der Waals surface area contributed by atoms with Crippen molar-refractivity contribution >= 4 is 12.0 Å². The number of nitrogens with zero attached hydrogens (tertiary/aromatic N) is 1. The Kier molecular flexibility index (Phi) is 5.62. The molecule has 2 rings (SSSR count). The zero-order valence-electron chi connectivity index (χ0n) is 14.7. The van der Waals surface area contributed by atoms with Gasteiger partial charge in [0.05, 0.1) is 12.7 Å². The monoisotopic (exact) mass is 335 g/mol. The zero-order valence-corrected chi connectivity index (χ0v) is 14.7. The molecular weight excluding hydrogens is 310 g/mol. The van der Waals surface area contributed by atoms with Crippen LogP contribution in [-0.4, -0.2) is 47.9 Å². The molecule has 24 heavy (non-hydrogen) atoms. The molecule has 0 saturated heterocycles. The SMILES string of the molecule is CN(C(=O)OC(C)(C)C)C(=O)c1ccc2c(c1)CCOC2CCO. The standard InChI is InChI=1S/C18H25NO5/c1-18(2,3)24-17(22)19(4)16(21)13-5-6-14-12(11-13)8-10-23-15(14)7-9-20/h5-6,11,15,20H,7-10H2,1-4H3. The van der Waals surface area contributed by atoms with Crippen molar-refractivity contribution in [2.75, 3.05) is 20.3 Å². The molecule has 1 aliphatic heterocycles. The van der Waals surface area contributed by atoms with Crippen LogP contribution in [0.15, 0.2) is 18.2 Å². The molecule has 0 spiro atoms. The van der Waals surface area contributed by atoms with Gasteiger partial charge in [-0.25, -0.2) is 9.69 Å². The van der Waals surface area contributed by atoms with Gasteiger partial charge in [-0.3, -0.25) is 4.79 Å². The average molecular weight is 335 g/mol. The van der Waals surface area contributed by atoms with Crippen LogP contribution in [0, 0.1) is 0 Å². The van der Waals surface area contributed by atoms with Crippen molar-refractivity contribution in [3.63, 3.8) is 0 Å². The van der Waals surface area contributed by atoms with Gasteiger partial charge >= 0.3 is 6.09 Å². The number of carbonyl (C=O) groups excluding carboxylic acids is 2. The highest BCUT2D eigenvalue weighted by atomic mass is 16.6. The van der Waals surface area contributed by atoms with E-state index in [1.807, 2.05) is 6.07 Å². The number of aliphatic hydroxyl groups excluding tert-OH is 1. The van der Waals surface area contributed by atoms with Crippen LogP contribution in [0.25, 0.3) is 0 Å². The van der Waals surface area contributed by atoms with Crippen molar-refractivity contribution in [3.05, 3.63) is 34.9 Å². The Bertz CT molecular complexity index is 620. The van der Waals surface area contributed by atoms with Gasteiger partial charge in [-0.1, -0.05) is 6.07 Å². The molecule has 1 aliphatic rings. The van der Waals surface area contributed by atoms with E-state index < -0.39 is 17.6 Å². The first kappa shape index (κ1) is 18.4. The molecule has 1 N–H and O–H groups in total. The summed E-state index contributed by atoms with van der Waals surface area (Å²) >= 11 is 0. The van der Waals surface area contributed by atoms with Crippen LogP contribution < -0.4 is 0 Å². The first-order chi connectivity index (χ1) is 11.2. The minimum absolute atomic E-state index is 0.0478. The molecule has 1 aromatic carbocycles. The molecule has 132 valence electrons. The van der Waals surface area contributed by atoms with Gasteiger partial charge < -0.3 is 14.6 Å². The summed E-state index contributed by atoms with van der Waals surface area (Å²) in [7, 11) is 1.41. The lowest BCUT2D eigenvalue weighted by atomic mass is 9.93. The highest BCUT2D eigenvalue weighted by Gasteiger charge is 2.26. The number of hydrogen-bond acceptors (Lipinski definition) is 5. The van der Waals surface area contributed by atoms with Crippen LogP contribution in [-0.2, 0) is 15.9 Å². The predicted molar refractivity (Wildman–Crippen MR) is 88.9 cm³/mol. The number of amides is 2. The van der Waals surface area contributed by atoms with Gasteiger partial charge in [-0.15, -0.1) is 0 Å². The van der Waals surface area contributed by atoms with Crippen molar-refractivity contribution < 1.29 is 24.2 Å². The van der Waals surface area contributed by atoms with Crippen LogP contribution >= 0.6 is 0 Å². The topological polar surface area (TPSA) is 76.1 Å². The molecule has 1 atom stereocenters. The number of aliphatic hydroxyl groups is 1. The molecule has 2 amide bonds. The maximum absolute atomic E-state index is 12.5. The molecule has 1 aromatic rings. The number of hydrogen-bond donors (Lipinski definition) is 1. The van der Waals surface area contributed by atoms with E-state index in [-0.39, 0.29) is 12.7 Å². The van der Waals surface area contributed by atoms with Gasteiger partial charge in [0.25, 0.3) is 5.91 Å². The fraction of sp³-hybridized carbons (Fsp3) is 0.556. The molecule has 0 aromatic heterocycles. The smallest absolute Gasteiger partial charge is 0.417 e. The van der Waals surface area contributed by atoms with Gasteiger partial charge in [-0.05, 0) is 50.5 Å². The normalized spacial score (nSPS) is 17.1. The quantitative estimate of drug-likeness (QED) is 0.919. The van der Waals surface area contributed by atoms with E-state index in [9.17, 15) is 9.59 Å². The highest BCUT2D eigenvalue weighted by molar-refractivity contribution is 6.02. The fourth-order valence-corrected chi connectivity index (χ4v) is 2.63. The van der Waals surface area contributed by atoms with Gasteiger partial charge in [0.1, 0.15) is 5.60 Å². The van der Waals surface area contributed by atoms with E-state index in [1.54, 1.807) is 32.9 Å². The number of ether oxygens (including phenoxy) is 2. The van der Waals surface area contributed by atoms with Gasteiger partial charge in [0.2, 0.25) is 0 Å². The van der Waals surface area contributed by atoms with Crippen LogP contribution in [0.2, 0.25) is 0 Å². The largest absolute Gasteiger partial charge is 0.443 e. The summed E-state index contributed by atoms with van der Waals surface area (Å²) in [5.74, 6) is -0.405. The Morgan fingerprint density at radius 1 is 1.38 bits per heavy atom. The Labute approximate surface area is 142 Å². The highest BCUT2D eigenvalue weighted by Crippen LogP contribution is 2.30. The molecule has 6 heteroatoms. The molecular formula is C18H25NO5. The molecule has 1 unspecified atom stereocenters. The molecule has 0 fully saturated rings. The Balaban J connectivity index is 2.17. The predicted octanol–water partition coefficient (Wildman–Crippen LogP) is 2.69. The number of carbonyl (C=O) groups is 2. The maximum Gasteiger partial charge on any atom is 0.417 e. The summed E-state index contributed by atoms with van der Waals surface area (Å²) in [6, 6.07) is 5.32.